The first-order chi connectivity index (χ1) is 8.15. The average Bonchev–Trinajstić information content (AvgIpc) is 2.29. The summed E-state index contributed by atoms with van der Waals surface area (Å²) in [6.07, 6.45) is 5.29. The lowest BCUT2D eigenvalue weighted by atomic mass is 10.1. The van der Waals surface area contributed by atoms with E-state index in [1.807, 2.05) is 6.92 Å². The van der Waals surface area contributed by atoms with E-state index in [0.29, 0.717) is 32.2 Å². The maximum atomic E-state index is 11.5. The van der Waals surface area contributed by atoms with Crippen molar-refractivity contribution in [3.05, 3.63) is 11.8 Å². The van der Waals surface area contributed by atoms with Crippen molar-refractivity contribution in [3.63, 3.8) is 0 Å². The second-order valence-electron chi connectivity index (χ2n) is 3.97. The smallest absolute Gasteiger partial charge is 0.229 e. The highest BCUT2D eigenvalue weighted by atomic mass is 16.2. The van der Waals surface area contributed by atoms with E-state index < -0.39 is 0 Å². The second kappa shape index (κ2) is 6.73. The minimum absolute atomic E-state index is 0.0645. The van der Waals surface area contributed by atoms with Crippen molar-refractivity contribution in [1.82, 2.24) is 4.90 Å². The number of piperidine rings is 1. The SMILES string of the molecule is C=NC=NC=C(C)CCN1C(=O)CCCC1=O. The Bertz CT molecular complexity index is 356. The molecule has 17 heavy (non-hydrogen) atoms. The van der Waals surface area contributed by atoms with Gasteiger partial charge in [0, 0.05) is 25.6 Å². The Labute approximate surface area is 101 Å². The summed E-state index contributed by atoms with van der Waals surface area (Å²) in [5.41, 5.74) is 0.996. The Morgan fingerprint density at radius 3 is 2.65 bits per heavy atom. The number of hydrogen-bond acceptors (Lipinski definition) is 3. The maximum Gasteiger partial charge on any atom is 0.229 e. The molecule has 0 aromatic carbocycles. The van der Waals surface area contributed by atoms with Crippen molar-refractivity contribution in [2.45, 2.75) is 32.6 Å². The number of hydrogen-bond donors (Lipinski definition) is 0. The molecule has 0 unspecified atom stereocenters. The predicted molar refractivity (Wildman–Crippen MR) is 67.0 cm³/mol. The van der Waals surface area contributed by atoms with Crippen LogP contribution in [0.5, 0.6) is 0 Å². The third-order valence-electron chi connectivity index (χ3n) is 2.56. The normalized spacial score (nSPS) is 17.9. The molecule has 1 rings (SSSR count). The van der Waals surface area contributed by atoms with Gasteiger partial charge in [-0.2, -0.15) is 0 Å². The predicted octanol–water partition coefficient (Wildman–Crippen LogP) is 1.55. The average molecular weight is 235 g/mol. The van der Waals surface area contributed by atoms with Gasteiger partial charge in [-0.25, -0.2) is 4.99 Å². The molecule has 1 aliphatic heterocycles. The van der Waals surface area contributed by atoms with E-state index in [-0.39, 0.29) is 11.8 Å². The molecule has 0 aliphatic carbocycles. The van der Waals surface area contributed by atoms with Gasteiger partial charge in [0.1, 0.15) is 6.34 Å². The molecule has 5 nitrogen and oxygen atoms in total. The van der Waals surface area contributed by atoms with Gasteiger partial charge in [0.2, 0.25) is 11.8 Å². The summed E-state index contributed by atoms with van der Waals surface area (Å²) in [5, 5.41) is 0. The topological polar surface area (TPSA) is 62.1 Å². The van der Waals surface area contributed by atoms with Crippen LogP contribution in [-0.2, 0) is 9.59 Å². The number of carbonyl (C=O) groups excluding carboxylic acids is 2. The quantitative estimate of drug-likeness (QED) is 0.412. The molecule has 0 aromatic rings. The summed E-state index contributed by atoms with van der Waals surface area (Å²) >= 11 is 0. The van der Waals surface area contributed by atoms with E-state index in [4.69, 9.17) is 0 Å². The number of amides is 2. The number of aliphatic imine (C=N–C) groups is 2. The fourth-order valence-electron chi connectivity index (χ4n) is 1.61. The summed E-state index contributed by atoms with van der Waals surface area (Å²) in [5.74, 6) is -0.129. The lowest BCUT2D eigenvalue weighted by Crippen LogP contribution is -2.40. The molecule has 0 radical (unpaired) electrons. The van der Waals surface area contributed by atoms with Crippen LogP contribution in [0.3, 0.4) is 0 Å². The van der Waals surface area contributed by atoms with Crippen LogP contribution in [0.15, 0.2) is 21.8 Å². The van der Waals surface area contributed by atoms with Crippen LogP contribution in [-0.4, -0.2) is 36.3 Å². The summed E-state index contributed by atoms with van der Waals surface area (Å²) < 4.78 is 0. The lowest BCUT2D eigenvalue weighted by Gasteiger charge is -2.24. The molecule has 0 atom stereocenters. The van der Waals surface area contributed by atoms with Gasteiger partial charge in [-0.05, 0) is 26.5 Å². The number of nitrogens with zero attached hydrogens (tertiary/aromatic N) is 3. The first-order valence-electron chi connectivity index (χ1n) is 5.61. The van der Waals surface area contributed by atoms with Crippen molar-refractivity contribution in [2.75, 3.05) is 6.54 Å². The molecule has 5 heteroatoms. The van der Waals surface area contributed by atoms with E-state index in [2.05, 4.69) is 16.7 Å². The van der Waals surface area contributed by atoms with Crippen molar-refractivity contribution in [1.29, 1.82) is 0 Å². The van der Waals surface area contributed by atoms with E-state index in [9.17, 15) is 9.59 Å². The molecule has 0 N–H and O–H groups in total. The van der Waals surface area contributed by atoms with Crippen LogP contribution in [0.4, 0.5) is 0 Å². The van der Waals surface area contributed by atoms with Crippen LogP contribution < -0.4 is 0 Å². The minimum Gasteiger partial charge on any atom is -0.282 e. The van der Waals surface area contributed by atoms with Gasteiger partial charge in [-0.15, -0.1) is 0 Å². The van der Waals surface area contributed by atoms with Crippen molar-refractivity contribution < 1.29 is 9.59 Å². The minimum atomic E-state index is -0.0645. The van der Waals surface area contributed by atoms with Crippen LogP contribution in [0.2, 0.25) is 0 Å². The molecule has 2 amide bonds. The zero-order chi connectivity index (χ0) is 12.7. The molecule has 1 heterocycles. The molecule has 0 spiro atoms. The van der Waals surface area contributed by atoms with E-state index in [0.717, 1.165) is 5.57 Å². The van der Waals surface area contributed by atoms with Crippen molar-refractivity contribution in [2.24, 2.45) is 9.98 Å². The molecule has 1 fully saturated rings. The summed E-state index contributed by atoms with van der Waals surface area (Å²) in [4.78, 5) is 31.7. The van der Waals surface area contributed by atoms with Gasteiger partial charge in [0.15, 0.2) is 0 Å². The van der Waals surface area contributed by atoms with Gasteiger partial charge in [0.05, 0.1) is 0 Å². The largest absolute Gasteiger partial charge is 0.282 e. The maximum absolute atomic E-state index is 11.5. The Kier molecular flexibility index (Phi) is 5.26. The fourth-order valence-corrected chi connectivity index (χ4v) is 1.61. The third kappa shape index (κ3) is 4.30. The Morgan fingerprint density at radius 2 is 2.06 bits per heavy atom. The van der Waals surface area contributed by atoms with Gasteiger partial charge in [0.25, 0.3) is 0 Å². The highest BCUT2D eigenvalue weighted by Crippen LogP contribution is 2.13. The standard InChI is InChI=1S/C12H17N3O2/c1-10(8-14-9-13-2)6-7-15-11(16)4-3-5-12(15)17/h8-9H,2-7H2,1H3. The number of imide groups is 1. The molecular weight excluding hydrogens is 218 g/mol. The van der Waals surface area contributed by atoms with Crippen LogP contribution in [0, 0.1) is 0 Å². The first-order valence-corrected chi connectivity index (χ1v) is 5.61. The molecular formula is C12H17N3O2. The number of rotatable bonds is 5. The third-order valence-corrected chi connectivity index (χ3v) is 2.56. The number of carbonyl (C=O) groups is 2. The second-order valence-corrected chi connectivity index (χ2v) is 3.97. The summed E-state index contributed by atoms with van der Waals surface area (Å²) in [6.45, 7) is 5.61. The van der Waals surface area contributed by atoms with E-state index >= 15 is 0 Å². The lowest BCUT2D eigenvalue weighted by molar-refractivity contribution is -0.147. The first kappa shape index (κ1) is 13.3. The Hall–Kier alpha value is -1.78. The molecule has 1 saturated heterocycles. The highest BCUT2D eigenvalue weighted by molar-refractivity contribution is 5.97. The molecule has 1 aliphatic rings. The van der Waals surface area contributed by atoms with Gasteiger partial charge >= 0.3 is 0 Å². The van der Waals surface area contributed by atoms with Gasteiger partial charge in [-0.3, -0.25) is 19.5 Å². The summed E-state index contributed by atoms with van der Waals surface area (Å²) in [6, 6.07) is 0. The van der Waals surface area contributed by atoms with E-state index in [1.165, 1.54) is 11.2 Å². The highest BCUT2D eigenvalue weighted by Gasteiger charge is 2.24. The molecule has 0 bridgehead atoms. The van der Waals surface area contributed by atoms with Gasteiger partial charge < -0.3 is 0 Å². The zero-order valence-electron chi connectivity index (χ0n) is 10.1. The summed E-state index contributed by atoms with van der Waals surface area (Å²) in [7, 11) is 0. The van der Waals surface area contributed by atoms with Gasteiger partial charge in [-0.1, -0.05) is 5.57 Å². The van der Waals surface area contributed by atoms with Crippen molar-refractivity contribution in [3.8, 4) is 0 Å². The molecule has 0 saturated carbocycles. The zero-order valence-corrected chi connectivity index (χ0v) is 10.1. The fraction of sp³-hybridized carbons (Fsp3) is 0.500. The Balaban J connectivity index is 2.46. The Morgan fingerprint density at radius 1 is 1.41 bits per heavy atom. The van der Waals surface area contributed by atoms with Crippen LogP contribution in [0.25, 0.3) is 0 Å². The molecule has 92 valence electrons. The van der Waals surface area contributed by atoms with Crippen LogP contribution in [0.1, 0.15) is 32.6 Å². The number of likely N-dealkylation sites (tertiary alicyclic amines) is 1. The van der Waals surface area contributed by atoms with Crippen LogP contribution >= 0.6 is 0 Å². The molecule has 0 aromatic heterocycles. The van der Waals surface area contributed by atoms with E-state index in [1.54, 1.807) is 6.20 Å². The van der Waals surface area contributed by atoms with Crippen molar-refractivity contribution >= 4 is 24.9 Å². The monoisotopic (exact) mass is 235 g/mol.